The van der Waals surface area contributed by atoms with Crippen LogP contribution in [-0.4, -0.2) is 62.5 Å². The van der Waals surface area contributed by atoms with Crippen molar-refractivity contribution < 1.29 is 18.3 Å². The highest BCUT2D eigenvalue weighted by Crippen LogP contribution is 2.46. The number of pyridine rings is 1. The second-order valence-electron chi connectivity index (χ2n) is 11.3. The van der Waals surface area contributed by atoms with E-state index in [0.29, 0.717) is 30.4 Å². The average molecular weight is 523 g/mol. The van der Waals surface area contributed by atoms with Crippen LogP contribution in [0.4, 0.5) is 14.5 Å². The van der Waals surface area contributed by atoms with Gasteiger partial charge in [-0.3, -0.25) is 9.69 Å². The number of halogens is 2. The van der Waals surface area contributed by atoms with Gasteiger partial charge in [0.15, 0.2) is 12.0 Å². The van der Waals surface area contributed by atoms with Gasteiger partial charge in [0.1, 0.15) is 17.7 Å². The minimum Gasteiger partial charge on any atom is -0.379 e. The normalized spacial score (nSPS) is 21.7. The zero-order valence-electron chi connectivity index (χ0n) is 21.8. The number of hydrogen-bond donors (Lipinski definition) is 1. The highest BCUT2D eigenvalue weighted by atomic mass is 19.1. The minimum atomic E-state index is -1.41. The second-order valence-corrected chi connectivity index (χ2v) is 11.3. The number of rotatable bonds is 8. The summed E-state index contributed by atoms with van der Waals surface area (Å²) in [6.07, 6.45) is 2.17. The van der Waals surface area contributed by atoms with E-state index in [1.165, 1.54) is 6.33 Å². The van der Waals surface area contributed by atoms with Gasteiger partial charge in [-0.2, -0.15) is 0 Å². The summed E-state index contributed by atoms with van der Waals surface area (Å²) >= 11 is 0. The third kappa shape index (κ3) is 4.49. The third-order valence-corrected chi connectivity index (χ3v) is 8.06. The molecular weight excluding hydrogens is 490 g/mol. The number of amides is 1. The molecule has 4 heterocycles. The monoisotopic (exact) mass is 522 g/mol. The Hall–Kier alpha value is -3.24. The maximum absolute atomic E-state index is 15.7. The lowest BCUT2D eigenvalue weighted by Crippen LogP contribution is -2.57. The number of nitrogens with one attached hydrogen (secondary N) is 1. The molecule has 1 N–H and O–H groups in total. The van der Waals surface area contributed by atoms with Crippen molar-refractivity contribution in [3.63, 3.8) is 0 Å². The smallest absolute Gasteiger partial charge is 0.274 e. The number of carbonyl (C=O) groups is 1. The minimum absolute atomic E-state index is 0.0187. The summed E-state index contributed by atoms with van der Waals surface area (Å²) in [6, 6.07) is 11.1. The number of hydrogen-bond acceptors (Lipinski definition) is 6. The van der Waals surface area contributed by atoms with E-state index in [1.807, 2.05) is 13.0 Å². The maximum atomic E-state index is 15.7. The summed E-state index contributed by atoms with van der Waals surface area (Å²) in [7, 11) is 1.71. The molecule has 6 rings (SSSR count). The van der Waals surface area contributed by atoms with Crippen molar-refractivity contribution in [1.82, 2.24) is 24.6 Å². The molecule has 3 fully saturated rings. The van der Waals surface area contributed by atoms with E-state index in [9.17, 15) is 9.18 Å². The molecule has 2 atom stereocenters. The van der Waals surface area contributed by atoms with Crippen LogP contribution in [0.1, 0.15) is 78.0 Å². The van der Waals surface area contributed by atoms with Crippen molar-refractivity contribution in [3.8, 4) is 0 Å². The molecule has 2 saturated heterocycles. The molecule has 38 heavy (non-hydrogen) atoms. The number of benzene rings is 1. The van der Waals surface area contributed by atoms with Crippen molar-refractivity contribution in [1.29, 1.82) is 0 Å². The second kappa shape index (κ2) is 9.20. The lowest BCUT2D eigenvalue weighted by Gasteiger charge is -2.46. The van der Waals surface area contributed by atoms with Crippen LogP contribution in [0.25, 0.3) is 0 Å². The molecule has 0 bridgehead atoms. The average Bonchev–Trinajstić information content (AvgIpc) is 3.61. The molecule has 3 aliphatic rings. The molecule has 10 heteroatoms. The zero-order chi connectivity index (χ0) is 26.7. The van der Waals surface area contributed by atoms with Crippen LogP contribution in [0.2, 0.25) is 0 Å². The van der Waals surface area contributed by atoms with Gasteiger partial charge in [0, 0.05) is 43.5 Å². The molecule has 0 radical (unpaired) electrons. The Labute approximate surface area is 220 Å². The number of aryl methyl sites for hydroxylation is 1. The zero-order valence-corrected chi connectivity index (χ0v) is 21.8. The number of alkyl halides is 2. The molecule has 1 aliphatic carbocycles. The molecule has 0 unspecified atom stereocenters. The van der Waals surface area contributed by atoms with Gasteiger partial charge in [-0.15, -0.1) is 10.2 Å². The van der Waals surface area contributed by atoms with E-state index in [0.717, 1.165) is 29.7 Å². The van der Waals surface area contributed by atoms with Crippen molar-refractivity contribution in [2.75, 3.05) is 31.6 Å². The molecule has 1 amide bonds. The first-order valence-corrected chi connectivity index (χ1v) is 13.1. The fraction of sp³-hybridized carbons (Fsp3) is 0.500. The Morgan fingerprint density at radius 2 is 1.97 bits per heavy atom. The van der Waals surface area contributed by atoms with Crippen LogP contribution >= 0.6 is 0 Å². The number of anilines is 1. The van der Waals surface area contributed by atoms with Gasteiger partial charge in [-0.1, -0.05) is 12.1 Å². The Bertz CT molecular complexity index is 1360. The first-order chi connectivity index (χ1) is 18.1. The number of aromatic nitrogens is 4. The summed E-state index contributed by atoms with van der Waals surface area (Å²) < 4.78 is 36.9. The maximum Gasteiger partial charge on any atom is 0.274 e. The summed E-state index contributed by atoms with van der Waals surface area (Å²) in [5.74, 6) is 0.266. The Balaban J connectivity index is 1.24. The molecule has 8 nitrogen and oxygen atoms in total. The number of ether oxygens (including phenoxy) is 1. The van der Waals surface area contributed by atoms with Gasteiger partial charge in [0.2, 0.25) is 0 Å². The molecular formula is C28H32F2N6O2. The first kappa shape index (κ1) is 25.1. The van der Waals surface area contributed by atoms with E-state index in [-0.39, 0.29) is 31.0 Å². The van der Waals surface area contributed by atoms with Gasteiger partial charge in [0.25, 0.3) is 5.91 Å². The topological polar surface area (TPSA) is 85.2 Å². The highest BCUT2D eigenvalue weighted by Gasteiger charge is 2.50. The van der Waals surface area contributed by atoms with Gasteiger partial charge >= 0.3 is 0 Å². The molecule has 0 spiro atoms. The summed E-state index contributed by atoms with van der Waals surface area (Å²) in [6.45, 7) is 4.82. The molecule has 2 aromatic heterocycles. The van der Waals surface area contributed by atoms with Crippen molar-refractivity contribution in [3.05, 3.63) is 71.1 Å². The van der Waals surface area contributed by atoms with Gasteiger partial charge in [-0.05, 0) is 62.1 Å². The van der Waals surface area contributed by atoms with Crippen molar-refractivity contribution >= 4 is 11.6 Å². The lowest BCUT2D eigenvalue weighted by molar-refractivity contribution is -0.102. The fourth-order valence-electron chi connectivity index (χ4n) is 5.46. The van der Waals surface area contributed by atoms with Gasteiger partial charge < -0.3 is 14.6 Å². The number of likely N-dealkylation sites (tertiary alicyclic amines) is 1. The summed E-state index contributed by atoms with van der Waals surface area (Å²) in [5, 5.41) is 10.7. The Morgan fingerprint density at radius 3 is 2.58 bits per heavy atom. The molecule has 1 aromatic carbocycles. The van der Waals surface area contributed by atoms with Crippen LogP contribution in [-0.2, 0) is 17.2 Å². The van der Waals surface area contributed by atoms with Crippen LogP contribution in [0.5, 0.6) is 0 Å². The standard InChI is InChI=1S/C28H32F2N6O2/c1-17(36-12-27(2,30)13-36)19-9-22(18-7-8-18)33-23(10-19)26(37)32-21-6-4-5-20(11-21)28(14-38-15-28)24(29)25-34-31-16-35(25)3/h4-6,9-11,16-18,24H,7-8,12-15H2,1-3H3,(H,32,37)/t17-,24-/m1/s1. The highest BCUT2D eigenvalue weighted by molar-refractivity contribution is 6.03. The first-order valence-electron chi connectivity index (χ1n) is 13.1. The van der Waals surface area contributed by atoms with Gasteiger partial charge in [0.05, 0.1) is 18.6 Å². The van der Waals surface area contributed by atoms with E-state index in [2.05, 4.69) is 31.5 Å². The van der Waals surface area contributed by atoms with Crippen LogP contribution in [0.15, 0.2) is 42.7 Å². The largest absolute Gasteiger partial charge is 0.379 e. The Morgan fingerprint density at radius 1 is 1.21 bits per heavy atom. The molecule has 3 aromatic rings. The lowest BCUT2D eigenvalue weighted by atomic mass is 9.74. The summed E-state index contributed by atoms with van der Waals surface area (Å²) in [4.78, 5) is 20.1. The number of nitrogens with zero attached hydrogens (tertiary/aromatic N) is 5. The van der Waals surface area contributed by atoms with E-state index < -0.39 is 17.3 Å². The van der Waals surface area contributed by atoms with Crippen LogP contribution in [0, 0.1) is 0 Å². The van der Waals surface area contributed by atoms with Crippen LogP contribution in [0.3, 0.4) is 0 Å². The van der Waals surface area contributed by atoms with Gasteiger partial charge in [-0.25, -0.2) is 13.8 Å². The molecule has 1 saturated carbocycles. The molecule has 2 aliphatic heterocycles. The summed E-state index contributed by atoms with van der Waals surface area (Å²) in [5.41, 5.74) is 1.40. The Kier molecular flexibility index (Phi) is 6.07. The third-order valence-electron chi connectivity index (χ3n) is 8.06. The molecule has 200 valence electrons. The SMILES string of the molecule is C[C@H](c1cc(C(=O)Nc2cccc(C3([C@H](F)c4nncn4C)COC3)c2)nc(C2CC2)c1)N1CC(C)(F)C1. The van der Waals surface area contributed by atoms with E-state index in [4.69, 9.17) is 4.74 Å². The van der Waals surface area contributed by atoms with Crippen LogP contribution < -0.4 is 5.32 Å². The number of carbonyl (C=O) groups excluding carboxylic acids is 1. The van der Waals surface area contributed by atoms with Crippen molar-refractivity contribution in [2.24, 2.45) is 7.05 Å². The van der Waals surface area contributed by atoms with Crippen molar-refractivity contribution in [2.45, 2.75) is 55.9 Å². The van der Waals surface area contributed by atoms with E-state index in [1.54, 1.807) is 42.8 Å². The predicted molar refractivity (Wildman–Crippen MR) is 137 cm³/mol. The quantitative estimate of drug-likeness (QED) is 0.471. The van der Waals surface area contributed by atoms with E-state index >= 15 is 4.39 Å². The predicted octanol–water partition coefficient (Wildman–Crippen LogP) is 4.42. The fourth-order valence-corrected chi connectivity index (χ4v) is 5.46.